The molecule has 0 unspecified atom stereocenters. The van der Waals surface area contributed by atoms with Gasteiger partial charge in [0.2, 0.25) is 0 Å². The number of H-pyrrole nitrogens is 1. The van der Waals surface area contributed by atoms with E-state index in [1.807, 2.05) is 47.9 Å². The molecule has 0 bridgehead atoms. The van der Waals surface area contributed by atoms with Crippen molar-refractivity contribution in [3.05, 3.63) is 56.8 Å². The van der Waals surface area contributed by atoms with Gasteiger partial charge in [-0.05, 0) is 49.0 Å². The minimum absolute atomic E-state index is 0.605. The second-order valence-electron chi connectivity index (χ2n) is 4.28. The number of nitrogens with zero attached hydrogens (tertiary/aromatic N) is 1. The SMILES string of the molecule is Cc1c(Cl)cccc1-n1c(=S)[nH]c2c(Cl)cccc21. The van der Waals surface area contributed by atoms with E-state index in [-0.39, 0.29) is 0 Å². The summed E-state index contributed by atoms with van der Waals surface area (Å²) >= 11 is 17.8. The molecule has 0 atom stereocenters. The van der Waals surface area contributed by atoms with Crippen LogP contribution in [0, 0.1) is 11.7 Å². The Morgan fingerprint density at radius 3 is 2.53 bits per heavy atom. The highest BCUT2D eigenvalue weighted by Gasteiger charge is 2.11. The first-order valence-corrected chi connectivity index (χ1v) is 6.91. The summed E-state index contributed by atoms with van der Waals surface area (Å²) in [6.07, 6.45) is 0. The lowest BCUT2D eigenvalue weighted by Crippen LogP contribution is -1.97. The van der Waals surface area contributed by atoms with Gasteiger partial charge in [-0.15, -0.1) is 0 Å². The van der Waals surface area contributed by atoms with Crippen LogP contribution in [0.1, 0.15) is 5.56 Å². The van der Waals surface area contributed by atoms with E-state index in [1.165, 1.54) is 0 Å². The molecule has 0 fully saturated rings. The van der Waals surface area contributed by atoms with Crippen LogP contribution in [0.2, 0.25) is 10.0 Å². The van der Waals surface area contributed by atoms with Crippen LogP contribution in [0.3, 0.4) is 0 Å². The van der Waals surface area contributed by atoms with E-state index in [2.05, 4.69) is 4.98 Å². The molecule has 0 saturated heterocycles. The number of aromatic nitrogens is 2. The average Bonchev–Trinajstić information content (AvgIpc) is 2.71. The number of fused-ring (bicyclic) bond motifs is 1. The van der Waals surface area contributed by atoms with E-state index >= 15 is 0 Å². The predicted molar refractivity (Wildman–Crippen MR) is 83.2 cm³/mol. The van der Waals surface area contributed by atoms with Gasteiger partial charge in [0.25, 0.3) is 0 Å². The molecule has 0 saturated carbocycles. The molecule has 1 heterocycles. The Labute approximate surface area is 125 Å². The fourth-order valence-corrected chi connectivity index (χ4v) is 2.86. The van der Waals surface area contributed by atoms with E-state index in [1.54, 1.807) is 0 Å². The molecule has 0 aliphatic rings. The van der Waals surface area contributed by atoms with E-state index in [0.29, 0.717) is 9.79 Å². The predicted octanol–water partition coefficient (Wildman–Crippen LogP) is 5.30. The molecule has 96 valence electrons. The van der Waals surface area contributed by atoms with Crippen molar-refractivity contribution in [3.63, 3.8) is 0 Å². The highest BCUT2D eigenvalue weighted by atomic mass is 35.5. The number of nitrogens with one attached hydrogen (secondary N) is 1. The Morgan fingerprint density at radius 1 is 1.05 bits per heavy atom. The minimum atomic E-state index is 0.605. The zero-order chi connectivity index (χ0) is 13.6. The molecule has 0 aliphatic carbocycles. The number of halogens is 2. The third-order valence-corrected chi connectivity index (χ3v) is 4.16. The molecule has 0 amide bonds. The van der Waals surface area contributed by atoms with Crippen molar-refractivity contribution in [2.75, 3.05) is 0 Å². The largest absolute Gasteiger partial charge is 0.329 e. The average molecular weight is 309 g/mol. The zero-order valence-corrected chi connectivity index (χ0v) is 12.4. The van der Waals surface area contributed by atoms with E-state index in [9.17, 15) is 0 Å². The van der Waals surface area contributed by atoms with Crippen molar-refractivity contribution in [3.8, 4) is 5.69 Å². The van der Waals surface area contributed by atoms with Gasteiger partial charge in [0.15, 0.2) is 4.77 Å². The number of hydrogen-bond acceptors (Lipinski definition) is 1. The van der Waals surface area contributed by atoms with Crippen molar-refractivity contribution in [1.82, 2.24) is 9.55 Å². The van der Waals surface area contributed by atoms with Gasteiger partial charge in [-0.25, -0.2) is 0 Å². The second kappa shape index (κ2) is 4.67. The fourth-order valence-electron chi connectivity index (χ4n) is 2.17. The lowest BCUT2D eigenvalue weighted by molar-refractivity contribution is 1.05. The summed E-state index contributed by atoms with van der Waals surface area (Å²) in [6, 6.07) is 11.5. The Balaban J connectivity index is 2.44. The zero-order valence-electron chi connectivity index (χ0n) is 10.1. The van der Waals surface area contributed by atoms with Crippen molar-refractivity contribution in [2.45, 2.75) is 6.92 Å². The molecule has 2 aromatic carbocycles. The molecule has 3 aromatic rings. The Hall–Kier alpha value is -1.29. The van der Waals surface area contributed by atoms with Crippen molar-refractivity contribution >= 4 is 46.5 Å². The van der Waals surface area contributed by atoms with Gasteiger partial charge in [-0.2, -0.15) is 0 Å². The van der Waals surface area contributed by atoms with Gasteiger partial charge in [0.05, 0.1) is 21.7 Å². The number of benzene rings is 2. The highest BCUT2D eigenvalue weighted by molar-refractivity contribution is 7.71. The molecule has 3 rings (SSSR count). The Kier molecular flexibility index (Phi) is 3.13. The highest BCUT2D eigenvalue weighted by Crippen LogP contribution is 2.28. The molecule has 0 radical (unpaired) electrons. The van der Waals surface area contributed by atoms with Crippen molar-refractivity contribution in [1.29, 1.82) is 0 Å². The van der Waals surface area contributed by atoms with Crippen molar-refractivity contribution in [2.24, 2.45) is 0 Å². The Bertz CT molecular complexity index is 833. The molecule has 1 aromatic heterocycles. The van der Waals surface area contributed by atoms with E-state index in [4.69, 9.17) is 35.4 Å². The molecule has 0 spiro atoms. The lowest BCUT2D eigenvalue weighted by atomic mass is 10.2. The maximum atomic E-state index is 6.18. The lowest BCUT2D eigenvalue weighted by Gasteiger charge is -2.09. The summed E-state index contributed by atoms with van der Waals surface area (Å²) in [5.74, 6) is 0. The number of hydrogen-bond donors (Lipinski definition) is 1. The first-order valence-electron chi connectivity index (χ1n) is 5.74. The number of aromatic amines is 1. The van der Waals surface area contributed by atoms with Gasteiger partial charge >= 0.3 is 0 Å². The van der Waals surface area contributed by atoms with Crippen LogP contribution in [0.5, 0.6) is 0 Å². The monoisotopic (exact) mass is 308 g/mol. The van der Waals surface area contributed by atoms with Crippen molar-refractivity contribution < 1.29 is 0 Å². The maximum Gasteiger partial charge on any atom is 0.182 e. The van der Waals surface area contributed by atoms with Crippen LogP contribution in [0.25, 0.3) is 16.7 Å². The summed E-state index contributed by atoms with van der Waals surface area (Å²) in [5.41, 5.74) is 3.74. The fraction of sp³-hybridized carbons (Fsp3) is 0.0714. The van der Waals surface area contributed by atoms with Crippen LogP contribution < -0.4 is 0 Å². The molecular formula is C14H10Cl2N2S. The van der Waals surface area contributed by atoms with E-state index in [0.717, 1.165) is 27.3 Å². The second-order valence-corrected chi connectivity index (χ2v) is 5.48. The summed E-state index contributed by atoms with van der Waals surface area (Å²) < 4.78 is 2.56. The van der Waals surface area contributed by atoms with Crippen LogP contribution in [-0.4, -0.2) is 9.55 Å². The van der Waals surface area contributed by atoms with Crippen LogP contribution >= 0.6 is 35.4 Å². The van der Waals surface area contributed by atoms with Gasteiger partial charge in [0.1, 0.15) is 0 Å². The first kappa shape index (κ1) is 12.7. The molecule has 0 aliphatic heterocycles. The van der Waals surface area contributed by atoms with Gasteiger partial charge in [-0.1, -0.05) is 35.3 Å². The topological polar surface area (TPSA) is 20.7 Å². The maximum absolute atomic E-state index is 6.18. The van der Waals surface area contributed by atoms with Crippen LogP contribution in [-0.2, 0) is 0 Å². The molecule has 19 heavy (non-hydrogen) atoms. The summed E-state index contributed by atoms with van der Waals surface area (Å²) in [4.78, 5) is 3.14. The van der Waals surface area contributed by atoms with Gasteiger partial charge in [-0.3, -0.25) is 4.57 Å². The number of rotatable bonds is 1. The van der Waals surface area contributed by atoms with Crippen LogP contribution in [0.15, 0.2) is 36.4 Å². The third-order valence-electron chi connectivity index (χ3n) is 3.15. The molecule has 2 nitrogen and oxygen atoms in total. The molecular weight excluding hydrogens is 299 g/mol. The van der Waals surface area contributed by atoms with Crippen LogP contribution in [0.4, 0.5) is 0 Å². The quantitative estimate of drug-likeness (QED) is 0.605. The molecule has 1 N–H and O–H groups in total. The van der Waals surface area contributed by atoms with E-state index < -0.39 is 0 Å². The normalized spacial score (nSPS) is 11.1. The third kappa shape index (κ3) is 1.98. The first-order chi connectivity index (χ1) is 9.09. The smallest absolute Gasteiger partial charge is 0.182 e. The number of imidazole rings is 1. The van der Waals surface area contributed by atoms with Gasteiger partial charge < -0.3 is 4.98 Å². The van der Waals surface area contributed by atoms with Gasteiger partial charge in [0, 0.05) is 5.02 Å². The standard InChI is InChI=1S/C14H10Cl2N2S/c1-8-9(15)4-2-6-11(8)18-12-7-3-5-10(16)13(12)17-14(18)19/h2-7H,1H3,(H,17,19). The number of para-hydroxylation sites is 1. The summed E-state index contributed by atoms with van der Waals surface area (Å²) in [7, 11) is 0. The molecule has 5 heteroatoms. The summed E-state index contributed by atoms with van der Waals surface area (Å²) in [5, 5.41) is 1.37. The summed E-state index contributed by atoms with van der Waals surface area (Å²) in [6.45, 7) is 1.98. The Morgan fingerprint density at radius 2 is 1.74 bits per heavy atom. The minimum Gasteiger partial charge on any atom is -0.329 e.